The first-order chi connectivity index (χ1) is 16.1. The van der Waals surface area contributed by atoms with E-state index in [4.69, 9.17) is 11.3 Å². The lowest BCUT2D eigenvalue weighted by Crippen LogP contribution is -2.46. The molecule has 1 saturated heterocycles. The number of ether oxygens (including phenoxy) is 1. The summed E-state index contributed by atoms with van der Waals surface area (Å²) in [6.45, 7) is 16.1. The second kappa shape index (κ2) is 11.0. The molecule has 1 aliphatic heterocycles. The molecule has 1 aliphatic rings. The molecule has 182 valence electrons. The molecule has 1 fully saturated rings. The van der Waals surface area contributed by atoms with Crippen LogP contribution in [0.15, 0.2) is 48.5 Å². The van der Waals surface area contributed by atoms with E-state index in [1.165, 1.54) is 5.56 Å². The van der Waals surface area contributed by atoms with Crippen molar-refractivity contribution in [1.29, 1.82) is 0 Å². The van der Waals surface area contributed by atoms with E-state index in [-0.39, 0.29) is 5.97 Å². The van der Waals surface area contributed by atoms with Gasteiger partial charge in [0.2, 0.25) is 0 Å². The molecule has 0 unspecified atom stereocenters. The first-order valence-electron chi connectivity index (χ1n) is 12.0. The normalized spacial score (nSPS) is 16.0. The standard InChI is InChI=1S/C28H37N3O3/c1-27(2,3)34-26(32)23-8-12-25(13-9-23)30(5)19-15-28(33)16-20-31(21-17-28)18-14-22-6-10-24(29-4)11-7-22/h6-13,33H,14-21H2,1-3,5H3. The zero-order chi connectivity index (χ0) is 24.8. The smallest absolute Gasteiger partial charge is 0.338 e. The van der Waals surface area contributed by atoms with Gasteiger partial charge in [-0.15, -0.1) is 0 Å². The molecule has 2 aromatic rings. The number of aliphatic hydroxyl groups is 1. The molecule has 0 saturated carbocycles. The summed E-state index contributed by atoms with van der Waals surface area (Å²) < 4.78 is 5.42. The Bertz CT molecular complexity index is 980. The van der Waals surface area contributed by atoms with Crippen molar-refractivity contribution in [3.8, 4) is 0 Å². The average Bonchev–Trinajstić information content (AvgIpc) is 2.82. The van der Waals surface area contributed by atoms with Crippen molar-refractivity contribution in [3.63, 3.8) is 0 Å². The van der Waals surface area contributed by atoms with Gasteiger partial charge in [-0.1, -0.05) is 24.3 Å². The summed E-state index contributed by atoms with van der Waals surface area (Å²) in [6.07, 6.45) is 3.21. The Kier molecular flexibility index (Phi) is 8.35. The molecule has 34 heavy (non-hydrogen) atoms. The molecule has 1 N–H and O–H groups in total. The molecule has 1 heterocycles. The fraction of sp³-hybridized carbons (Fsp3) is 0.500. The van der Waals surface area contributed by atoms with Crippen LogP contribution in [-0.2, 0) is 11.2 Å². The number of hydrogen-bond acceptors (Lipinski definition) is 5. The molecule has 0 atom stereocenters. The number of benzene rings is 2. The minimum atomic E-state index is -0.640. The van der Waals surface area contributed by atoms with Crippen LogP contribution in [0, 0.1) is 6.57 Å². The SMILES string of the molecule is [C-]#[N+]c1ccc(CCN2CCC(O)(CCN(C)c3ccc(C(=O)OC(C)(C)C)cc3)CC2)cc1. The number of hydrogen-bond donors (Lipinski definition) is 1. The first-order valence-corrected chi connectivity index (χ1v) is 12.0. The van der Waals surface area contributed by atoms with Gasteiger partial charge in [0, 0.05) is 38.9 Å². The minimum absolute atomic E-state index is 0.317. The van der Waals surface area contributed by atoms with Crippen molar-refractivity contribution in [2.75, 3.05) is 38.1 Å². The highest BCUT2D eigenvalue weighted by molar-refractivity contribution is 5.90. The fourth-order valence-corrected chi connectivity index (χ4v) is 4.16. The molecule has 6 nitrogen and oxygen atoms in total. The molecule has 0 spiro atoms. The predicted molar refractivity (Wildman–Crippen MR) is 137 cm³/mol. The van der Waals surface area contributed by atoms with Gasteiger partial charge in [-0.2, -0.15) is 0 Å². The lowest BCUT2D eigenvalue weighted by Gasteiger charge is -2.39. The Balaban J connectivity index is 1.42. The fourth-order valence-electron chi connectivity index (χ4n) is 4.16. The largest absolute Gasteiger partial charge is 0.456 e. The molecular formula is C28H37N3O3. The van der Waals surface area contributed by atoms with Crippen LogP contribution in [0.4, 0.5) is 11.4 Å². The van der Waals surface area contributed by atoms with Crippen LogP contribution in [0.25, 0.3) is 4.85 Å². The third kappa shape index (κ3) is 7.58. The van der Waals surface area contributed by atoms with Crippen molar-refractivity contribution in [2.24, 2.45) is 0 Å². The molecule has 0 bridgehead atoms. The average molecular weight is 464 g/mol. The molecule has 3 rings (SSSR count). The third-order valence-electron chi connectivity index (χ3n) is 6.42. The van der Waals surface area contributed by atoms with Gasteiger partial charge in [0.25, 0.3) is 0 Å². The number of carbonyl (C=O) groups is 1. The van der Waals surface area contributed by atoms with Crippen molar-refractivity contribution in [1.82, 2.24) is 4.90 Å². The van der Waals surface area contributed by atoms with E-state index in [1.807, 2.05) is 64.2 Å². The zero-order valence-corrected chi connectivity index (χ0v) is 20.9. The molecule has 2 aromatic carbocycles. The van der Waals surface area contributed by atoms with Crippen molar-refractivity contribution in [3.05, 3.63) is 71.1 Å². The Morgan fingerprint density at radius 3 is 2.29 bits per heavy atom. The van der Waals surface area contributed by atoms with E-state index in [2.05, 4.69) is 14.6 Å². The van der Waals surface area contributed by atoms with Gasteiger partial charge < -0.3 is 19.6 Å². The lowest BCUT2D eigenvalue weighted by atomic mass is 9.88. The Labute approximate surface area is 204 Å². The highest BCUT2D eigenvalue weighted by Crippen LogP contribution is 2.27. The summed E-state index contributed by atoms with van der Waals surface area (Å²) in [5.41, 5.74) is 2.32. The van der Waals surface area contributed by atoms with Crippen molar-refractivity contribution >= 4 is 17.3 Å². The number of nitrogens with zero attached hydrogens (tertiary/aromatic N) is 3. The minimum Gasteiger partial charge on any atom is -0.456 e. The number of piperidine rings is 1. The van der Waals surface area contributed by atoms with E-state index >= 15 is 0 Å². The van der Waals surface area contributed by atoms with Crippen LogP contribution in [0.1, 0.15) is 56.0 Å². The van der Waals surface area contributed by atoms with Crippen molar-refractivity contribution in [2.45, 2.75) is 57.7 Å². The number of carbonyl (C=O) groups excluding carboxylic acids is 1. The summed E-state index contributed by atoms with van der Waals surface area (Å²) in [5, 5.41) is 11.1. The number of esters is 1. The molecule has 0 radical (unpaired) electrons. The molecule has 0 amide bonds. The number of likely N-dealkylation sites (tertiary alicyclic amines) is 1. The van der Waals surface area contributed by atoms with Gasteiger partial charge in [0.05, 0.1) is 17.7 Å². The van der Waals surface area contributed by atoms with E-state index in [1.54, 1.807) is 12.1 Å². The lowest BCUT2D eigenvalue weighted by molar-refractivity contribution is -0.0254. The molecular weight excluding hydrogens is 426 g/mol. The molecule has 0 aromatic heterocycles. The summed E-state index contributed by atoms with van der Waals surface area (Å²) in [7, 11) is 2.01. The summed E-state index contributed by atoms with van der Waals surface area (Å²) >= 11 is 0. The van der Waals surface area contributed by atoms with Crippen LogP contribution in [0.3, 0.4) is 0 Å². The van der Waals surface area contributed by atoms with E-state index in [9.17, 15) is 9.90 Å². The molecule has 0 aliphatic carbocycles. The maximum absolute atomic E-state index is 12.2. The number of rotatable bonds is 8. The van der Waals surface area contributed by atoms with E-state index in [0.29, 0.717) is 17.7 Å². The molecule has 6 heteroatoms. The van der Waals surface area contributed by atoms with Gasteiger partial charge >= 0.3 is 5.97 Å². The van der Waals surface area contributed by atoms with Crippen molar-refractivity contribution < 1.29 is 14.6 Å². The van der Waals surface area contributed by atoms with Crippen LogP contribution in [-0.4, -0.2) is 60.4 Å². The highest BCUT2D eigenvalue weighted by atomic mass is 16.6. The Morgan fingerprint density at radius 2 is 1.74 bits per heavy atom. The summed E-state index contributed by atoms with van der Waals surface area (Å²) in [5.74, 6) is -0.317. The van der Waals surface area contributed by atoms with Crippen LogP contribution in [0.2, 0.25) is 0 Å². The summed E-state index contributed by atoms with van der Waals surface area (Å²) in [4.78, 5) is 20.2. The number of anilines is 1. The second-order valence-corrected chi connectivity index (χ2v) is 10.3. The van der Waals surface area contributed by atoms with E-state index < -0.39 is 11.2 Å². The maximum atomic E-state index is 12.2. The van der Waals surface area contributed by atoms with Crippen LogP contribution in [0.5, 0.6) is 0 Å². The zero-order valence-electron chi connectivity index (χ0n) is 20.9. The topological polar surface area (TPSA) is 57.4 Å². The van der Waals surface area contributed by atoms with Gasteiger partial charge in [0.15, 0.2) is 5.69 Å². The first kappa shape index (κ1) is 25.7. The van der Waals surface area contributed by atoms with Gasteiger partial charge in [-0.05, 0) is 76.3 Å². The Morgan fingerprint density at radius 1 is 1.12 bits per heavy atom. The van der Waals surface area contributed by atoms with Crippen LogP contribution < -0.4 is 4.90 Å². The monoisotopic (exact) mass is 463 g/mol. The van der Waals surface area contributed by atoms with Gasteiger partial charge in [0.1, 0.15) is 5.60 Å². The third-order valence-corrected chi connectivity index (χ3v) is 6.42. The predicted octanol–water partition coefficient (Wildman–Crippen LogP) is 5.09. The van der Waals surface area contributed by atoms with Gasteiger partial charge in [-0.25, -0.2) is 9.64 Å². The van der Waals surface area contributed by atoms with E-state index in [0.717, 1.165) is 51.1 Å². The van der Waals surface area contributed by atoms with Crippen LogP contribution >= 0.6 is 0 Å². The van der Waals surface area contributed by atoms with Gasteiger partial charge in [-0.3, -0.25) is 0 Å². The summed E-state index contributed by atoms with van der Waals surface area (Å²) in [6, 6.07) is 15.3. The Hall–Kier alpha value is -2.88. The quantitative estimate of drug-likeness (QED) is 0.437. The highest BCUT2D eigenvalue weighted by Gasteiger charge is 2.32. The second-order valence-electron chi connectivity index (χ2n) is 10.3. The maximum Gasteiger partial charge on any atom is 0.338 e.